The standard InChI is InChI=1S/C12H22N3O6P/c1-2-3-6-21-22(18,19)9-20-10(8-16)7-15-5-4-11(13)14-12(15)17/h4-5,10,16H,2-3,6-9H2,1H3,(H,18,19)(H2,13,14,17). The third kappa shape index (κ3) is 6.67. The Bertz CT molecular complexity index is 564. The number of aliphatic hydroxyl groups excluding tert-OH is 1. The number of rotatable bonds is 10. The van der Waals surface area contributed by atoms with Crippen LogP contribution in [-0.4, -0.2) is 45.2 Å². The lowest BCUT2D eigenvalue weighted by atomic mass is 10.3. The van der Waals surface area contributed by atoms with Gasteiger partial charge in [0.2, 0.25) is 0 Å². The van der Waals surface area contributed by atoms with Gasteiger partial charge in [0.15, 0.2) is 0 Å². The topological polar surface area (TPSA) is 137 Å². The summed E-state index contributed by atoms with van der Waals surface area (Å²) >= 11 is 0. The molecule has 1 rings (SSSR count). The van der Waals surface area contributed by atoms with Gasteiger partial charge in [-0.2, -0.15) is 4.98 Å². The van der Waals surface area contributed by atoms with Crippen LogP contribution in [0.3, 0.4) is 0 Å². The minimum Gasteiger partial charge on any atom is -0.394 e. The first-order valence-electron chi connectivity index (χ1n) is 6.89. The minimum absolute atomic E-state index is 0.0163. The van der Waals surface area contributed by atoms with E-state index in [1.54, 1.807) is 0 Å². The number of aliphatic hydroxyl groups is 1. The normalized spacial score (nSPS) is 15.4. The largest absolute Gasteiger partial charge is 0.394 e. The van der Waals surface area contributed by atoms with Crippen LogP contribution in [0, 0.1) is 0 Å². The fourth-order valence-corrected chi connectivity index (χ4v) is 2.44. The van der Waals surface area contributed by atoms with Crippen molar-refractivity contribution in [3.63, 3.8) is 0 Å². The van der Waals surface area contributed by atoms with E-state index in [1.165, 1.54) is 16.8 Å². The lowest BCUT2D eigenvalue weighted by Gasteiger charge is -2.19. The minimum atomic E-state index is -3.87. The second-order valence-corrected chi connectivity index (χ2v) is 6.50. The Morgan fingerprint density at radius 3 is 2.86 bits per heavy atom. The second kappa shape index (κ2) is 9.02. The van der Waals surface area contributed by atoms with Gasteiger partial charge in [0.25, 0.3) is 0 Å². The summed E-state index contributed by atoms with van der Waals surface area (Å²) in [6.45, 7) is 1.66. The van der Waals surface area contributed by atoms with E-state index >= 15 is 0 Å². The van der Waals surface area contributed by atoms with Gasteiger partial charge in [-0.3, -0.25) is 9.13 Å². The molecule has 0 radical (unpaired) electrons. The molecule has 0 aromatic carbocycles. The zero-order valence-corrected chi connectivity index (χ0v) is 13.3. The van der Waals surface area contributed by atoms with Gasteiger partial charge in [0, 0.05) is 6.20 Å². The lowest BCUT2D eigenvalue weighted by Crippen LogP contribution is -2.32. The van der Waals surface area contributed by atoms with E-state index in [1.807, 2.05) is 6.92 Å². The van der Waals surface area contributed by atoms with E-state index in [2.05, 4.69) is 4.98 Å². The molecule has 22 heavy (non-hydrogen) atoms. The Hall–Kier alpha value is -1.25. The van der Waals surface area contributed by atoms with Crippen molar-refractivity contribution >= 4 is 13.4 Å². The number of hydrogen-bond donors (Lipinski definition) is 3. The summed E-state index contributed by atoms with van der Waals surface area (Å²) in [6.07, 6.45) is 1.53. The van der Waals surface area contributed by atoms with Crippen LogP contribution < -0.4 is 11.4 Å². The van der Waals surface area contributed by atoms with Gasteiger partial charge in [-0.05, 0) is 12.5 Å². The van der Waals surface area contributed by atoms with Crippen molar-refractivity contribution in [1.82, 2.24) is 9.55 Å². The molecule has 1 aromatic rings. The highest BCUT2D eigenvalue weighted by Gasteiger charge is 2.22. The molecule has 0 aliphatic heterocycles. The molecule has 0 fully saturated rings. The number of anilines is 1. The fraction of sp³-hybridized carbons (Fsp3) is 0.667. The number of nitrogens with two attached hydrogens (primary N) is 1. The average Bonchev–Trinajstić information content (AvgIpc) is 2.45. The van der Waals surface area contributed by atoms with Gasteiger partial charge in [-0.1, -0.05) is 13.3 Å². The van der Waals surface area contributed by atoms with Crippen LogP contribution in [-0.2, 0) is 20.4 Å². The molecule has 0 aliphatic carbocycles. The van der Waals surface area contributed by atoms with Crippen molar-refractivity contribution in [1.29, 1.82) is 0 Å². The van der Waals surface area contributed by atoms with Gasteiger partial charge in [0.05, 0.1) is 25.9 Å². The second-order valence-electron chi connectivity index (χ2n) is 4.71. The maximum absolute atomic E-state index is 11.7. The number of nitrogen functional groups attached to an aromatic ring is 1. The maximum atomic E-state index is 11.7. The predicted octanol–water partition coefficient (Wildman–Crippen LogP) is 0.163. The first-order valence-corrected chi connectivity index (χ1v) is 8.66. The summed E-state index contributed by atoms with van der Waals surface area (Å²) in [5, 5.41) is 9.25. The highest BCUT2D eigenvalue weighted by molar-refractivity contribution is 7.52. The quantitative estimate of drug-likeness (QED) is 0.406. The van der Waals surface area contributed by atoms with Crippen LogP contribution >= 0.6 is 7.60 Å². The van der Waals surface area contributed by atoms with E-state index in [9.17, 15) is 19.4 Å². The first kappa shape index (κ1) is 18.8. The highest BCUT2D eigenvalue weighted by Crippen LogP contribution is 2.42. The molecule has 0 aliphatic rings. The molecular formula is C12H22N3O6P. The van der Waals surface area contributed by atoms with Gasteiger partial charge >= 0.3 is 13.3 Å². The molecule has 2 unspecified atom stereocenters. The Balaban J connectivity index is 2.54. The Labute approximate surface area is 128 Å². The van der Waals surface area contributed by atoms with E-state index in [4.69, 9.17) is 15.0 Å². The summed E-state index contributed by atoms with van der Waals surface area (Å²) in [4.78, 5) is 24.7. The van der Waals surface area contributed by atoms with Crippen molar-refractivity contribution < 1.29 is 23.8 Å². The molecule has 0 bridgehead atoms. The summed E-state index contributed by atoms with van der Waals surface area (Å²) < 4.78 is 22.9. The van der Waals surface area contributed by atoms with Crippen LogP contribution in [0.15, 0.2) is 17.1 Å². The van der Waals surface area contributed by atoms with Crippen LogP contribution in [0.25, 0.3) is 0 Å². The smallest absolute Gasteiger partial charge is 0.353 e. The molecule has 10 heteroatoms. The van der Waals surface area contributed by atoms with Crippen molar-refractivity contribution in [2.24, 2.45) is 0 Å². The van der Waals surface area contributed by atoms with Crippen molar-refractivity contribution in [2.75, 3.05) is 25.3 Å². The zero-order chi connectivity index (χ0) is 16.6. The Morgan fingerprint density at radius 2 is 2.27 bits per heavy atom. The molecule has 9 nitrogen and oxygen atoms in total. The summed E-state index contributed by atoms with van der Waals surface area (Å²) in [7, 11) is -3.87. The van der Waals surface area contributed by atoms with E-state index in [0.717, 1.165) is 6.42 Å². The SMILES string of the molecule is CCCCOP(=O)(O)COC(CO)Cn1ccc(N)nc1=O. The van der Waals surface area contributed by atoms with Crippen LogP contribution in [0.1, 0.15) is 19.8 Å². The van der Waals surface area contributed by atoms with Crippen molar-refractivity contribution in [2.45, 2.75) is 32.4 Å². The number of ether oxygens (including phenoxy) is 1. The molecule has 126 valence electrons. The summed E-state index contributed by atoms with van der Waals surface area (Å²) in [5.41, 5.74) is 4.78. The number of unbranched alkanes of at least 4 members (excludes halogenated alkanes) is 1. The third-order valence-electron chi connectivity index (χ3n) is 2.76. The third-order valence-corrected chi connectivity index (χ3v) is 3.83. The number of hydrogen-bond acceptors (Lipinski definition) is 7. The fourth-order valence-electron chi connectivity index (χ4n) is 1.55. The average molecular weight is 335 g/mol. The summed E-state index contributed by atoms with van der Waals surface area (Å²) in [6, 6.07) is 1.43. The van der Waals surface area contributed by atoms with E-state index in [0.29, 0.717) is 6.42 Å². The molecule has 0 saturated carbocycles. The monoisotopic (exact) mass is 335 g/mol. The van der Waals surface area contributed by atoms with Gasteiger partial charge in [-0.15, -0.1) is 0 Å². The van der Waals surface area contributed by atoms with Gasteiger partial charge in [0.1, 0.15) is 12.2 Å². The molecular weight excluding hydrogens is 313 g/mol. The van der Waals surface area contributed by atoms with Crippen molar-refractivity contribution in [3.05, 3.63) is 22.7 Å². The Kier molecular flexibility index (Phi) is 7.70. The number of nitrogens with zero attached hydrogens (tertiary/aromatic N) is 2. The van der Waals surface area contributed by atoms with Crippen LogP contribution in [0.2, 0.25) is 0 Å². The maximum Gasteiger partial charge on any atom is 0.353 e. The van der Waals surface area contributed by atoms with Gasteiger partial charge < -0.3 is 25.0 Å². The Morgan fingerprint density at radius 1 is 1.55 bits per heavy atom. The van der Waals surface area contributed by atoms with Crippen molar-refractivity contribution in [3.8, 4) is 0 Å². The molecule has 4 N–H and O–H groups in total. The molecule has 1 aromatic heterocycles. The molecule has 1 heterocycles. The number of aromatic nitrogens is 2. The molecule has 0 amide bonds. The van der Waals surface area contributed by atoms with Gasteiger partial charge in [-0.25, -0.2) is 4.79 Å². The summed E-state index contributed by atoms with van der Waals surface area (Å²) in [5.74, 6) is 0.0897. The van der Waals surface area contributed by atoms with E-state index in [-0.39, 0.29) is 19.0 Å². The zero-order valence-electron chi connectivity index (χ0n) is 12.4. The predicted molar refractivity (Wildman–Crippen MR) is 80.4 cm³/mol. The molecule has 0 spiro atoms. The van der Waals surface area contributed by atoms with Crippen LogP contribution in [0.4, 0.5) is 5.82 Å². The van der Waals surface area contributed by atoms with E-state index < -0.39 is 32.3 Å². The lowest BCUT2D eigenvalue weighted by molar-refractivity contribution is 0.0167. The molecule has 0 saturated heterocycles. The van der Waals surface area contributed by atoms with Crippen LogP contribution in [0.5, 0.6) is 0 Å². The molecule has 2 atom stereocenters. The highest BCUT2D eigenvalue weighted by atomic mass is 31.2. The first-order chi connectivity index (χ1) is 10.4.